The molecule has 0 aromatic heterocycles. The van der Waals surface area contributed by atoms with Gasteiger partial charge in [-0.05, 0) is 11.1 Å². The van der Waals surface area contributed by atoms with E-state index in [2.05, 4.69) is 11.1 Å². The summed E-state index contributed by atoms with van der Waals surface area (Å²) >= 11 is 0. The highest BCUT2D eigenvalue weighted by molar-refractivity contribution is 5.95. The molecular weight excluding hydrogens is 367 g/mol. The maximum atomic E-state index is 13.7. The highest BCUT2D eigenvalue weighted by Crippen LogP contribution is 2.30. The van der Waals surface area contributed by atoms with E-state index < -0.39 is 46.6 Å². The van der Waals surface area contributed by atoms with Crippen molar-refractivity contribution in [3.05, 3.63) is 70.0 Å². The van der Waals surface area contributed by atoms with Gasteiger partial charge in [-0.2, -0.15) is 0 Å². The second-order valence-corrected chi connectivity index (χ2v) is 5.56. The molecule has 4 N–H and O–H groups in total. The molecule has 0 spiro atoms. The number of benzene rings is 2. The summed E-state index contributed by atoms with van der Waals surface area (Å²) in [6, 6.07) is 6.03. The van der Waals surface area contributed by atoms with Crippen LogP contribution in [0.25, 0.3) is 0 Å². The van der Waals surface area contributed by atoms with E-state index in [4.69, 9.17) is 0 Å². The van der Waals surface area contributed by atoms with Crippen molar-refractivity contribution in [2.75, 3.05) is 0 Å². The van der Waals surface area contributed by atoms with Crippen LogP contribution in [-0.2, 0) is 6.42 Å². The van der Waals surface area contributed by atoms with Crippen LogP contribution in [0.3, 0.4) is 0 Å². The SMILES string of the molecule is [Cl-].[NH3+][C@@H]1Cc2ccccc2[C@H]1NC(=O)c1c(F)c(F)c(F)c(F)c1F. The number of carbonyl (C=O) groups excluding carboxylic acids is 1. The van der Waals surface area contributed by atoms with E-state index in [1.165, 1.54) is 0 Å². The van der Waals surface area contributed by atoms with Crippen LogP contribution in [0.15, 0.2) is 24.3 Å². The summed E-state index contributed by atoms with van der Waals surface area (Å²) in [5.41, 5.74) is 3.97. The summed E-state index contributed by atoms with van der Waals surface area (Å²) in [6.45, 7) is 0. The number of nitrogens with one attached hydrogen (secondary N) is 1. The van der Waals surface area contributed by atoms with Crippen LogP contribution in [0.5, 0.6) is 0 Å². The lowest BCUT2D eigenvalue weighted by Crippen LogP contribution is -3.00. The summed E-state index contributed by atoms with van der Waals surface area (Å²) in [6.07, 6.45) is 0.526. The third-order valence-corrected chi connectivity index (χ3v) is 4.07. The Morgan fingerprint density at radius 1 is 0.960 bits per heavy atom. The number of halogens is 6. The number of hydrogen-bond acceptors (Lipinski definition) is 1. The van der Waals surface area contributed by atoms with Crippen LogP contribution in [0, 0.1) is 29.1 Å². The largest absolute Gasteiger partial charge is 1.00 e. The zero-order valence-electron chi connectivity index (χ0n) is 12.6. The number of quaternary nitrogens is 1. The molecule has 0 heterocycles. The Morgan fingerprint density at radius 3 is 2.08 bits per heavy atom. The minimum atomic E-state index is -2.30. The molecule has 2 aromatic rings. The van der Waals surface area contributed by atoms with Crippen LogP contribution in [0.1, 0.15) is 27.5 Å². The summed E-state index contributed by atoms with van der Waals surface area (Å²) < 4.78 is 67.0. The van der Waals surface area contributed by atoms with Gasteiger partial charge in [0, 0.05) is 6.42 Å². The van der Waals surface area contributed by atoms with E-state index >= 15 is 0 Å². The molecule has 2 atom stereocenters. The Balaban J connectivity index is 0.00000225. The minimum Gasteiger partial charge on any atom is -1.00 e. The number of amides is 1. The van der Waals surface area contributed by atoms with Crippen molar-refractivity contribution >= 4 is 5.91 Å². The normalized spacial score (nSPS) is 18.5. The molecule has 9 heteroatoms. The molecule has 0 bridgehead atoms. The Bertz CT molecular complexity index is 817. The summed E-state index contributed by atoms with van der Waals surface area (Å²) in [4.78, 5) is 12.1. The van der Waals surface area contributed by atoms with Gasteiger partial charge in [0.05, 0.1) is 0 Å². The first-order valence-electron chi connectivity index (χ1n) is 7.06. The lowest BCUT2D eigenvalue weighted by atomic mass is 10.1. The first-order valence-corrected chi connectivity index (χ1v) is 7.06. The number of carbonyl (C=O) groups is 1. The number of fused-ring (bicyclic) bond motifs is 1. The Hall–Kier alpha value is -2.19. The van der Waals surface area contributed by atoms with E-state index in [0.29, 0.717) is 12.0 Å². The van der Waals surface area contributed by atoms with Crippen molar-refractivity contribution in [3.8, 4) is 0 Å². The van der Waals surface area contributed by atoms with Crippen molar-refractivity contribution in [1.82, 2.24) is 5.32 Å². The van der Waals surface area contributed by atoms with E-state index in [1.54, 1.807) is 18.2 Å². The lowest BCUT2D eigenvalue weighted by molar-refractivity contribution is -0.423. The quantitative estimate of drug-likeness (QED) is 0.394. The van der Waals surface area contributed by atoms with Gasteiger partial charge in [-0.1, -0.05) is 24.3 Å². The van der Waals surface area contributed by atoms with Crippen LogP contribution in [-0.4, -0.2) is 11.9 Å². The second-order valence-electron chi connectivity index (χ2n) is 5.56. The zero-order valence-corrected chi connectivity index (χ0v) is 13.3. The van der Waals surface area contributed by atoms with Crippen LogP contribution in [0.4, 0.5) is 22.0 Å². The molecule has 0 saturated carbocycles. The fraction of sp³-hybridized carbons (Fsp3) is 0.188. The van der Waals surface area contributed by atoms with Gasteiger partial charge in [-0.15, -0.1) is 0 Å². The molecule has 3 rings (SSSR count). The summed E-state index contributed by atoms with van der Waals surface area (Å²) in [7, 11) is 0. The van der Waals surface area contributed by atoms with Crippen LogP contribution in [0.2, 0.25) is 0 Å². The van der Waals surface area contributed by atoms with Crippen LogP contribution < -0.4 is 23.5 Å². The first-order chi connectivity index (χ1) is 11.3. The molecular formula is C16H12ClF5N2O. The van der Waals surface area contributed by atoms with Gasteiger partial charge < -0.3 is 23.5 Å². The molecule has 0 radical (unpaired) electrons. The third-order valence-electron chi connectivity index (χ3n) is 4.07. The zero-order chi connectivity index (χ0) is 17.6. The Labute approximate surface area is 145 Å². The molecule has 25 heavy (non-hydrogen) atoms. The van der Waals surface area contributed by atoms with Crippen molar-refractivity contribution in [2.45, 2.75) is 18.5 Å². The smallest absolute Gasteiger partial charge is 0.258 e. The predicted octanol–water partition coefficient (Wildman–Crippen LogP) is -0.976. The van der Waals surface area contributed by atoms with E-state index in [-0.39, 0.29) is 18.4 Å². The van der Waals surface area contributed by atoms with Crippen molar-refractivity contribution in [2.24, 2.45) is 0 Å². The summed E-state index contributed by atoms with van der Waals surface area (Å²) in [5, 5.41) is 2.32. The number of hydrogen-bond donors (Lipinski definition) is 2. The summed E-state index contributed by atoms with van der Waals surface area (Å²) in [5.74, 6) is -12.3. The van der Waals surface area contributed by atoms with Gasteiger partial charge in [0.2, 0.25) is 5.82 Å². The highest BCUT2D eigenvalue weighted by atomic mass is 35.5. The fourth-order valence-corrected chi connectivity index (χ4v) is 2.89. The third kappa shape index (κ3) is 3.07. The molecule has 0 aliphatic heterocycles. The molecule has 1 aliphatic carbocycles. The standard InChI is InChI=1S/C16H11F5N2O.ClH/c17-10-9(11(18)13(20)14(21)12(10)19)16(24)23-15-7-4-2-1-3-6(7)5-8(15)22;/h1-4,8,15H,5,22H2,(H,23,24);1H/t8-,15-;/m1./s1. The van der Waals surface area contributed by atoms with E-state index in [9.17, 15) is 26.7 Å². The monoisotopic (exact) mass is 378 g/mol. The van der Waals surface area contributed by atoms with Crippen LogP contribution >= 0.6 is 0 Å². The van der Waals surface area contributed by atoms with Crippen molar-refractivity contribution in [1.29, 1.82) is 0 Å². The van der Waals surface area contributed by atoms with Crippen molar-refractivity contribution < 1.29 is 44.9 Å². The van der Waals surface area contributed by atoms with Gasteiger partial charge in [0.1, 0.15) is 17.6 Å². The second kappa shape index (κ2) is 6.97. The predicted molar refractivity (Wildman–Crippen MR) is 73.3 cm³/mol. The number of rotatable bonds is 2. The molecule has 2 aromatic carbocycles. The topological polar surface area (TPSA) is 56.7 Å². The molecule has 134 valence electrons. The highest BCUT2D eigenvalue weighted by Gasteiger charge is 2.36. The minimum absolute atomic E-state index is 0. The van der Waals surface area contributed by atoms with E-state index in [1.807, 2.05) is 6.07 Å². The van der Waals surface area contributed by atoms with Gasteiger partial charge in [0.25, 0.3) is 5.91 Å². The molecule has 1 amide bonds. The molecule has 0 fully saturated rings. The molecule has 0 saturated heterocycles. The maximum Gasteiger partial charge on any atom is 0.258 e. The van der Waals surface area contributed by atoms with Crippen molar-refractivity contribution in [3.63, 3.8) is 0 Å². The average molecular weight is 379 g/mol. The Morgan fingerprint density at radius 2 is 1.48 bits per heavy atom. The fourth-order valence-electron chi connectivity index (χ4n) is 2.89. The first kappa shape index (κ1) is 19.1. The van der Waals surface area contributed by atoms with Gasteiger partial charge in [-0.25, -0.2) is 22.0 Å². The van der Waals surface area contributed by atoms with Gasteiger partial charge in [0.15, 0.2) is 23.3 Å². The maximum absolute atomic E-state index is 13.7. The average Bonchev–Trinajstić information content (AvgIpc) is 2.87. The molecule has 0 unspecified atom stereocenters. The van der Waals surface area contributed by atoms with E-state index in [0.717, 1.165) is 5.56 Å². The lowest BCUT2D eigenvalue weighted by Gasteiger charge is -2.17. The van der Waals surface area contributed by atoms with Gasteiger partial charge in [-0.3, -0.25) is 4.79 Å². The Kier molecular flexibility index (Phi) is 5.34. The molecule has 1 aliphatic rings. The van der Waals surface area contributed by atoms with Gasteiger partial charge >= 0.3 is 0 Å². The molecule has 3 nitrogen and oxygen atoms in total.